The highest BCUT2D eigenvalue weighted by Gasteiger charge is 2.47. The van der Waals surface area contributed by atoms with Gasteiger partial charge in [0.05, 0.1) is 0 Å². The third kappa shape index (κ3) is 1.51. The van der Waals surface area contributed by atoms with E-state index in [0.717, 1.165) is 6.92 Å². The number of cyclic esters (lactones) is 2. The van der Waals surface area contributed by atoms with E-state index < -0.39 is 30.6 Å². The topological polar surface area (TPSA) is 52.6 Å². The normalized spacial score (nSPS) is 22.0. The molecule has 0 radical (unpaired) electrons. The molecule has 0 aromatic rings. The van der Waals surface area contributed by atoms with Crippen LogP contribution >= 0.6 is 0 Å². The summed E-state index contributed by atoms with van der Waals surface area (Å²) in [7, 11) is 0. The molecule has 12 heavy (non-hydrogen) atoms. The van der Waals surface area contributed by atoms with E-state index in [-0.39, 0.29) is 0 Å². The van der Waals surface area contributed by atoms with Gasteiger partial charge in [-0.2, -0.15) is 0 Å². The monoisotopic (exact) mass is 180 g/mol. The molecular weight excluding hydrogens is 174 g/mol. The molecule has 4 nitrogen and oxygen atoms in total. The fourth-order valence-electron chi connectivity index (χ4n) is 0.752. The van der Waals surface area contributed by atoms with Gasteiger partial charge in [0.25, 0.3) is 0 Å². The van der Waals surface area contributed by atoms with Crippen LogP contribution in [0.4, 0.5) is 8.78 Å². The van der Waals surface area contributed by atoms with Gasteiger partial charge in [0.15, 0.2) is 0 Å². The van der Waals surface area contributed by atoms with Gasteiger partial charge in [-0.1, -0.05) is 0 Å². The van der Waals surface area contributed by atoms with Crippen molar-refractivity contribution in [2.24, 2.45) is 0 Å². The van der Waals surface area contributed by atoms with Crippen molar-refractivity contribution >= 4 is 11.9 Å². The summed E-state index contributed by atoms with van der Waals surface area (Å²) in [6.07, 6.45) is -3.65. The lowest BCUT2D eigenvalue weighted by molar-refractivity contribution is -0.274. The van der Waals surface area contributed by atoms with Gasteiger partial charge in [-0.3, -0.25) is 9.59 Å². The summed E-state index contributed by atoms with van der Waals surface area (Å²) in [5.74, 6) is -4.39. The Labute approximate surface area is 66.4 Å². The first kappa shape index (κ1) is 8.89. The largest absolute Gasteiger partial charge is 0.416 e. The second-order valence-electron chi connectivity index (χ2n) is 2.44. The van der Waals surface area contributed by atoms with Crippen LogP contribution in [0.1, 0.15) is 13.3 Å². The van der Waals surface area contributed by atoms with Gasteiger partial charge >= 0.3 is 24.2 Å². The lowest BCUT2D eigenvalue weighted by Crippen LogP contribution is -2.48. The highest BCUT2D eigenvalue weighted by atomic mass is 19.3. The van der Waals surface area contributed by atoms with Crippen LogP contribution in [-0.4, -0.2) is 24.2 Å². The summed E-state index contributed by atoms with van der Waals surface area (Å²) in [5, 5.41) is 0. The van der Waals surface area contributed by atoms with Crippen LogP contribution in [0.3, 0.4) is 0 Å². The minimum atomic E-state index is -3.04. The Balaban J connectivity index is 2.78. The van der Waals surface area contributed by atoms with Crippen LogP contribution in [0.5, 0.6) is 0 Å². The molecule has 0 bridgehead atoms. The van der Waals surface area contributed by atoms with E-state index in [1.54, 1.807) is 0 Å². The van der Waals surface area contributed by atoms with Gasteiger partial charge in [-0.25, -0.2) is 8.78 Å². The van der Waals surface area contributed by atoms with Crippen LogP contribution in [-0.2, 0) is 19.1 Å². The summed E-state index contributed by atoms with van der Waals surface area (Å²) in [5.41, 5.74) is 0. The Morgan fingerprint density at radius 1 is 1.33 bits per heavy atom. The molecule has 0 saturated carbocycles. The number of esters is 2. The van der Waals surface area contributed by atoms with E-state index in [9.17, 15) is 18.4 Å². The maximum atomic E-state index is 12.1. The van der Waals surface area contributed by atoms with Crippen LogP contribution in [0.25, 0.3) is 0 Å². The third-order valence-electron chi connectivity index (χ3n) is 1.32. The second-order valence-corrected chi connectivity index (χ2v) is 2.44. The third-order valence-corrected chi connectivity index (χ3v) is 1.32. The van der Waals surface area contributed by atoms with Gasteiger partial charge < -0.3 is 9.47 Å². The Bertz CT molecular complexity index is 210. The van der Waals surface area contributed by atoms with Crippen LogP contribution in [0, 0.1) is 0 Å². The van der Waals surface area contributed by atoms with E-state index in [4.69, 9.17) is 0 Å². The zero-order chi connectivity index (χ0) is 9.35. The molecule has 0 spiro atoms. The first-order valence-corrected chi connectivity index (χ1v) is 3.16. The maximum Gasteiger partial charge on any atom is 0.320 e. The standard InChI is InChI=1S/C6H6F2O4/c1-6(5(7)8)11-3(9)2-4(10)12-6/h5H,2H2,1H3. The molecule has 68 valence electrons. The fourth-order valence-corrected chi connectivity index (χ4v) is 0.752. The molecule has 1 aliphatic heterocycles. The first-order valence-electron chi connectivity index (χ1n) is 3.16. The second kappa shape index (κ2) is 2.69. The Kier molecular flexibility index (Phi) is 1.99. The highest BCUT2D eigenvalue weighted by molar-refractivity contribution is 5.93. The van der Waals surface area contributed by atoms with Crippen molar-refractivity contribution < 1.29 is 27.8 Å². The van der Waals surface area contributed by atoms with Crippen LogP contribution in [0.2, 0.25) is 0 Å². The van der Waals surface area contributed by atoms with Gasteiger partial charge in [-0.05, 0) is 0 Å². The minimum absolute atomic E-state index is 0.609. The number of alkyl halides is 2. The number of carbonyl (C=O) groups is 2. The van der Waals surface area contributed by atoms with E-state index in [1.165, 1.54) is 0 Å². The molecule has 0 amide bonds. The Morgan fingerprint density at radius 3 is 2.08 bits per heavy atom. The Hall–Kier alpha value is -1.20. The molecule has 0 aliphatic carbocycles. The molecule has 0 N–H and O–H groups in total. The molecule has 0 aromatic heterocycles. The number of hydrogen-bond donors (Lipinski definition) is 0. The maximum absolute atomic E-state index is 12.1. The molecule has 1 rings (SSSR count). The van der Waals surface area contributed by atoms with Crippen molar-refractivity contribution in [1.29, 1.82) is 0 Å². The number of ether oxygens (including phenoxy) is 2. The summed E-state index contributed by atoms with van der Waals surface area (Å²) >= 11 is 0. The zero-order valence-corrected chi connectivity index (χ0v) is 6.17. The van der Waals surface area contributed by atoms with Crippen LogP contribution < -0.4 is 0 Å². The van der Waals surface area contributed by atoms with Gasteiger partial charge in [0, 0.05) is 6.92 Å². The van der Waals surface area contributed by atoms with E-state index in [0.29, 0.717) is 0 Å². The number of carbonyl (C=O) groups excluding carboxylic acids is 2. The van der Waals surface area contributed by atoms with Crippen molar-refractivity contribution in [3.05, 3.63) is 0 Å². The molecule has 0 unspecified atom stereocenters. The van der Waals surface area contributed by atoms with Crippen molar-refractivity contribution in [1.82, 2.24) is 0 Å². The summed E-state index contributed by atoms with van der Waals surface area (Å²) < 4.78 is 32.5. The van der Waals surface area contributed by atoms with Crippen molar-refractivity contribution in [2.45, 2.75) is 25.6 Å². The average Bonchev–Trinajstić information content (AvgIpc) is 1.82. The smallest absolute Gasteiger partial charge is 0.320 e. The zero-order valence-electron chi connectivity index (χ0n) is 6.17. The number of rotatable bonds is 1. The SMILES string of the molecule is CC1(C(F)F)OC(=O)CC(=O)O1. The molecular formula is C6H6F2O4. The average molecular weight is 180 g/mol. The molecule has 1 aliphatic rings. The van der Waals surface area contributed by atoms with Gasteiger partial charge in [-0.15, -0.1) is 0 Å². The van der Waals surface area contributed by atoms with E-state index in [1.807, 2.05) is 0 Å². The molecule has 1 fully saturated rings. The highest BCUT2D eigenvalue weighted by Crippen LogP contribution is 2.26. The number of halogens is 2. The van der Waals surface area contributed by atoms with Crippen molar-refractivity contribution in [3.8, 4) is 0 Å². The lowest BCUT2D eigenvalue weighted by Gasteiger charge is -2.31. The minimum Gasteiger partial charge on any atom is -0.416 e. The summed E-state index contributed by atoms with van der Waals surface area (Å²) in [6.45, 7) is 0.840. The quantitative estimate of drug-likeness (QED) is 0.434. The lowest BCUT2D eigenvalue weighted by atomic mass is 10.3. The summed E-state index contributed by atoms with van der Waals surface area (Å²) in [4.78, 5) is 21.1. The van der Waals surface area contributed by atoms with Crippen molar-refractivity contribution in [2.75, 3.05) is 0 Å². The molecule has 1 heterocycles. The predicted molar refractivity (Wildman–Crippen MR) is 31.2 cm³/mol. The van der Waals surface area contributed by atoms with Gasteiger partial charge in [0.1, 0.15) is 6.42 Å². The Morgan fingerprint density at radius 2 is 1.75 bits per heavy atom. The molecule has 6 heteroatoms. The van der Waals surface area contributed by atoms with E-state index in [2.05, 4.69) is 9.47 Å². The van der Waals surface area contributed by atoms with Crippen molar-refractivity contribution in [3.63, 3.8) is 0 Å². The molecule has 0 aromatic carbocycles. The number of hydrogen-bond acceptors (Lipinski definition) is 4. The molecule has 1 saturated heterocycles. The molecule has 0 atom stereocenters. The van der Waals surface area contributed by atoms with Gasteiger partial charge in [0.2, 0.25) is 0 Å². The van der Waals surface area contributed by atoms with E-state index >= 15 is 0 Å². The summed E-state index contributed by atoms with van der Waals surface area (Å²) in [6, 6.07) is 0. The fraction of sp³-hybridized carbons (Fsp3) is 0.667. The van der Waals surface area contributed by atoms with Crippen LogP contribution in [0.15, 0.2) is 0 Å². The first-order chi connectivity index (χ1) is 5.44. The predicted octanol–water partition coefficient (Wildman–Crippen LogP) is 0.458.